The van der Waals surface area contributed by atoms with Crippen LogP contribution >= 0.6 is 12.2 Å². The van der Waals surface area contributed by atoms with Gasteiger partial charge < -0.3 is 10.5 Å². The summed E-state index contributed by atoms with van der Waals surface area (Å²) in [5, 5.41) is 0. The third-order valence-corrected chi connectivity index (χ3v) is 3.45. The molecule has 1 aromatic heterocycles. The Balaban J connectivity index is 2.47. The molecule has 3 nitrogen and oxygen atoms in total. The Labute approximate surface area is 124 Å². The maximum atomic E-state index is 5.89. The summed E-state index contributed by atoms with van der Waals surface area (Å²) in [4.78, 5) is 4.71. The van der Waals surface area contributed by atoms with Crippen molar-refractivity contribution in [1.29, 1.82) is 0 Å². The van der Waals surface area contributed by atoms with Crippen LogP contribution in [0.1, 0.15) is 27.9 Å². The first-order valence-electron chi connectivity index (χ1n) is 6.41. The predicted octanol–water partition coefficient (Wildman–Crippen LogP) is 3.74. The highest BCUT2D eigenvalue weighted by Gasteiger charge is 2.14. The molecule has 20 heavy (non-hydrogen) atoms. The normalized spacial score (nSPS) is 10.4. The zero-order chi connectivity index (χ0) is 14.9. The molecule has 0 amide bonds. The molecule has 0 atom stereocenters. The van der Waals surface area contributed by atoms with Crippen LogP contribution in [-0.4, -0.2) is 9.97 Å². The summed E-state index contributed by atoms with van der Waals surface area (Å²) in [5.74, 6) is 1.21. The second-order valence-corrected chi connectivity index (χ2v) is 5.41. The van der Waals surface area contributed by atoms with Gasteiger partial charge in [-0.15, -0.1) is 0 Å². The van der Waals surface area contributed by atoms with E-state index in [1.54, 1.807) is 0 Å². The number of hydrogen-bond acceptors (Lipinski definition) is 3. The lowest BCUT2D eigenvalue weighted by Gasteiger charge is -2.13. The zero-order valence-electron chi connectivity index (χ0n) is 12.2. The number of nitrogens with two attached hydrogens (primary N) is 1. The molecule has 0 spiro atoms. The van der Waals surface area contributed by atoms with Gasteiger partial charge in [-0.1, -0.05) is 18.3 Å². The van der Waals surface area contributed by atoms with Crippen molar-refractivity contribution in [3.8, 4) is 11.6 Å². The lowest BCUT2D eigenvalue weighted by Crippen LogP contribution is -2.14. The van der Waals surface area contributed by atoms with E-state index in [0.717, 1.165) is 17.0 Å². The second kappa shape index (κ2) is 5.59. The van der Waals surface area contributed by atoms with Gasteiger partial charge in [0.15, 0.2) is 0 Å². The van der Waals surface area contributed by atoms with Crippen LogP contribution in [0.2, 0.25) is 0 Å². The summed E-state index contributed by atoms with van der Waals surface area (Å²) in [7, 11) is 0. The Hall–Kier alpha value is -1.94. The number of pyridine rings is 1. The maximum absolute atomic E-state index is 5.89. The Kier molecular flexibility index (Phi) is 4.04. The quantitative estimate of drug-likeness (QED) is 0.873. The largest absolute Gasteiger partial charge is 0.438 e. The van der Waals surface area contributed by atoms with Crippen molar-refractivity contribution in [3.63, 3.8) is 0 Å². The van der Waals surface area contributed by atoms with Crippen molar-refractivity contribution in [2.75, 3.05) is 0 Å². The topological polar surface area (TPSA) is 48.1 Å². The van der Waals surface area contributed by atoms with Crippen molar-refractivity contribution in [2.45, 2.75) is 27.7 Å². The summed E-state index contributed by atoms with van der Waals surface area (Å²) in [6, 6.07) is 7.87. The van der Waals surface area contributed by atoms with E-state index in [1.807, 2.05) is 45.0 Å². The monoisotopic (exact) mass is 286 g/mol. The third-order valence-electron chi connectivity index (χ3n) is 3.25. The van der Waals surface area contributed by atoms with Crippen molar-refractivity contribution in [3.05, 3.63) is 52.2 Å². The predicted molar refractivity (Wildman–Crippen MR) is 85.6 cm³/mol. The Morgan fingerprint density at radius 2 is 1.75 bits per heavy atom. The van der Waals surface area contributed by atoms with Crippen molar-refractivity contribution in [1.82, 2.24) is 4.98 Å². The number of ether oxygens (including phenoxy) is 1. The fourth-order valence-corrected chi connectivity index (χ4v) is 2.31. The number of nitrogens with zero attached hydrogens (tertiary/aromatic N) is 1. The van der Waals surface area contributed by atoms with Crippen molar-refractivity contribution in [2.24, 2.45) is 5.73 Å². The summed E-state index contributed by atoms with van der Waals surface area (Å²) >= 11 is 5.10. The molecule has 2 aromatic rings. The molecular formula is C16H18N2OS. The highest BCUT2D eigenvalue weighted by Crippen LogP contribution is 2.27. The van der Waals surface area contributed by atoms with Crippen LogP contribution in [0.3, 0.4) is 0 Å². The minimum atomic E-state index is 0.300. The van der Waals surface area contributed by atoms with Crippen molar-refractivity contribution < 1.29 is 4.74 Å². The van der Waals surface area contributed by atoms with Gasteiger partial charge in [0.25, 0.3) is 0 Å². The van der Waals surface area contributed by atoms with E-state index >= 15 is 0 Å². The van der Waals surface area contributed by atoms with E-state index < -0.39 is 0 Å². The van der Waals surface area contributed by atoms with Crippen LogP contribution in [0.4, 0.5) is 0 Å². The fraction of sp³-hybridized carbons (Fsp3) is 0.250. The number of thiocarbonyl (C=S) groups is 1. The van der Waals surface area contributed by atoms with Crippen LogP contribution in [0.5, 0.6) is 11.6 Å². The average molecular weight is 286 g/mol. The van der Waals surface area contributed by atoms with Crippen molar-refractivity contribution >= 4 is 17.2 Å². The molecule has 2 N–H and O–H groups in total. The van der Waals surface area contributed by atoms with Gasteiger partial charge in [0.2, 0.25) is 5.88 Å². The molecule has 1 aromatic carbocycles. The van der Waals surface area contributed by atoms with E-state index in [4.69, 9.17) is 22.7 Å². The van der Waals surface area contributed by atoms with Gasteiger partial charge in [-0.25, -0.2) is 4.98 Å². The van der Waals surface area contributed by atoms with Crippen LogP contribution in [0.15, 0.2) is 24.3 Å². The van der Waals surface area contributed by atoms with Crippen LogP contribution < -0.4 is 10.5 Å². The molecule has 4 heteroatoms. The van der Waals surface area contributed by atoms with Gasteiger partial charge in [-0.05, 0) is 62.6 Å². The number of benzene rings is 1. The number of aromatic nitrogens is 1. The molecule has 0 aliphatic carbocycles. The molecular weight excluding hydrogens is 268 g/mol. The van der Waals surface area contributed by atoms with E-state index in [9.17, 15) is 0 Å². The van der Waals surface area contributed by atoms with Gasteiger partial charge in [0.1, 0.15) is 10.7 Å². The number of aryl methyl sites for hydroxylation is 4. The molecule has 104 valence electrons. The Morgan fingerprint density at radius 3 is 2.35 bits per heavy atom. The van der Waals surface area contributed by atoms with E-state index in [1.165, 1.54) is 11.1 Å². The van der Waals surface area contributed by atoms with Crippen LogP contribution in [0.25, 0.3) is 0 Å². The van der Waals surface area contributed by atoms with E-state index in [-0.39, 0.29) is 0 Å². The van der Waals surface area contributed by atoms with Gasteiger partial charge in [0, 0.05) is 5.69 Å². The van der Waals surface area contributed by atoms with Gasteiger partial charge in [-0.3, -0.25) is 0 Å². The molecule has 0 aliphatic heterocycles. The average Bonchev–Trinajstić information content (AvgIpc) is 2.32. The minimum absolute atomic E-state index is 0.300. The third kappa shape index (κ3) is 2.96. The molecule has 0 saturated heterocycles. The van der Waals surface area contributed by atoms with Gasteiger partial charge in [-0.2, -0.15) is 0 Å². The Morgan fingerprint density at radius 1 is 1.05 bits per heavy atom. The maximum Gasteiger partial charge on any atom is 0.229 e. The van der Waals surface area contributed by atoms with Gasteiger partial charge in [0.05, 0.1) is 5.56 Å². The SMILES string of the molecule is Cc1cc(C)c(C(N)=S)c(Oc2ccc(C)c(C)c2)n1. The van der Waals surface area contributed by atoms with E-state index in [0.29, 0.717) is 16.4 Å². The summed E-state index contributed by atoms with van der Waals surface area (Å²) in [6.07, 6.45) is 0. The molecule has 0 unspecified atom stereocenters. The highest BCUT2D eigenvalue weighted by atomic mass is 32.1. The minimum Gasteiger partial charge on any atom is -0.438 e. The van der Waals surface area contributed by atoms with E-state index in [2.05, 4.69) is 11.9 Å². The summed E-state index contributed by atoms with van der Waals surface area (Å²) in [6.45, 7) is 7.99. The zero-order valence-corrected chi connectivity index (χ0v) is 13.0. The first-order valence-corrected chi connectivity index (χ1v) is 6.82. The molecule has 0 radical (unpaired) electrons. The molecule has 0 saturated carbocycles. The molecule has 0 aliphatic rings. The molecule has 0 bridgehead atoms. The van der Waals surface area contributed by atoms with Crippen LogP contribution in [-0.2, 0) is 0 Å². The molecule has 0 fully saturated rings. The summed E-state index contributed by atoms with van der Waals surface area (Å²) < 4.78 is 5.89. The first-order chi connectivity index (χ1) is 9.38. The molecule has 2 rings (SSSR count). The standard InChI is InChI=1S/C16H18N2OS/c1-9-5-6-13(8-10(9)2)19-16-14(15(17)20)11(3)7-12(4)18-16/h5-8H,1-4H3,(H2,17,20). The lowest BCUT2D eigenvalue weighted by molar-refractivity contribution is 0.459. The summed E-state index contributed by atoms with van der Waals surface area (Å²) in [5.41, 5.74) is 10.7. The second-order valence-electron chi connectivity index (χ2n) is 4.97. The Bertz CT molecular complexity index is 680. The van der Waals surface area contributed by atoms with Gasteiger partial charge >= 0.3 is 0 Å². The fourth-order valence-electron chi connectivity index (χ4n) is 2.07. The highest BCUT2D eigenvalue weighted by molar-refractivity contribution is 7.80. The number of rotatable bonds is 3. The number of hydrogen-bond donors (Lipinski definition) is 1. The smallest absolute Gasteiger partial charge is 0.229 e. The van der Waals surface area contributed by atoms with Crippen LogP contribution in [0, 0.1) is 27.7 Å². The first kappa shape index (κ1) is 14.5. The molecule has 1 heterocycles. The lowest BCUT2D eigenvalue weighted by atomic mass is 10.1.